The molecule has 1 aromatic rings. The smallest absolute Gasteiger partial charge is 0.239 e. The van der Waals surface area contributed by atoms with Crippen LogP contribution < -0.4 is 10.6 Å². The molecule has 1 unspecified atom stereocenters. The summed E-state index contributed by atoms with van der Waals surface area (Å²) in [6, 6.07) is 5.38. The van der Waals surface area contributed by atoms with Crippen molar-refractivity contribution in [2.24, 2.45) is 5.41 Å². The van der Waals surface area contributed by atoms with E-state index in [1.54, 1.807) is 25.4 Å². The predicted molar refractivity (Wildman–Crippen MR) is 80.7 cm³/mol. The molecule has 1 aliphatic rings. The molecule has 0 radical (unpaired) electrons. The molecule has 0 aliphatic carbocycles. The van der Waals surface area contributed by atoms with Crippen molar-refractivity contribution in [3.05, 3.63) is 24.4 Å². The molecule has 2 heterocycles. The molecule has 2 rings (SSSR count). The predicted octanol–water partition coefficient (Wildman–Crippen LogP) is 0.868. The van der Waals surface area contributed by atoms with E-state index < -0.39 is 5.41 Å². The Balaban J connectivity index is 1.90. The molecule has 0 spiro atoms. The molecule has 1 saturated heterocycles. The Morgan fingerprint density at radius 2 is 2.24 bits per heavy atom. The molecule has 114 valence electrons. The van der Waals surface area contributed by atoms with Gasteiger partial charge in [-0.05, 0) is 38.4 Å². The van der Waals surface area contributed by atoms with Gasteiger partial charge in [0, 0.05) is 19.8 Å². The topological polar surface area (TPSA) is 74.3 Å². The number of nitrogens with zero attached hydrogens (tertiary/aromatic N) is 2. The Morgan fingerprint density at radius 3 is 2.90 bits per heavy atom. The zero-order valence-corrected chi connectivity index (χ0v) is 12.6. The molecular formula is C15H22N4O2. The fourth-order valence-electron chi connectivity index (χ4n) is 2.79. The van der Waals surface area contributed by atoms with E-state index in [2.05, 4.69) is 15.6 Å². The minimum atomic E-state index is -0.418. The van der Waals surface area contributed by atoms with Crippen molar-refractivity contribution in [2.75, 3.05) is 32.0 Å². The van der Waals surface area contributed by atoms with Crippen LogP contribution in [0.2, 0.25) is 0 Å². The SMILES string of the molecule is CNC(=O)C1(C)CCCN(CC(=O)Nc2ccccn2)C1. The molecule has 0 saturated carbocycles. The largest absolute Gasteiger partial charge is 0.359 e. The van der Waals surface area contributed by atoms with E-state index in [1.165, 1.54) is 0 Å². The Morgan fingerprint density at radius 1 is 1.43 bits per heavy atom. The van der Waals surface area contributed by atoms with E-state index in [9.17, 15) is 9.59 Å². The molecule has 1 atom stereocenters. The second kappa shape index (κ2) is 6.67. The van der Waals surface area contributed by atoms with Gasteiger partial charge in [0.25, 0.3) is 0 Å². The minimum absolute atomic E-state index is 0.0392. The number of rotatable bonds is 4. The highest BCUT2D eigenvalue weighted by Crippen LogP contribution is 2.29. The summed E-state index contributed by atoms with van der Waals surface area (Å²) in [6.45, 7) is 3.67. The monoisotopic (exact) mass is 290 g/mol. The number of nitrogens with one attached hydrogen (secondary N) is 2. The molecule has 21 heavy (non-hydrogen) atoms. The molecule has 0 bridgehead atoms. The van der Waals surface area contributed by atoms with Crippen LogP contribution in [0.1, 0.15) is 19.8 Å². The lowest BCUT2D eigenvalue weighted by molar-refractivity contribution is -0.133. The number of aromatic nitrogens is 1. The second-order valence-electron chi connectivity index (χ2n) is 5.72. The number of hydrogen-bond donors (Lipinski definition) is 2. The van der Waals surface area contributed by atoms with E-state index in [0.29, 0.717) is 12.4 Å². The van der Waals surface area contributed by atoms with Crippen LogP contribution in [0.3, 0.4) is 0 Å². The van der Waals surface area contributed by atoms with Crippen molar-refractivity contribution >= 4 is 17.6 Å². The van der Waals surface area contributed by atoms with Gasteiger partial charge in [-0.15, -0.1) is 0 Å². The first-order chi connectivity index (χ1) is 10.0. The highest BCUT2D eigenvalue weighted by atomic mass is 16.2. The van der Waals surface area contributed by atoms with Crippen LogP contribution in [0.25, 0.3) is 0 Å². The summed E-state index contributed by atoms with van der Waals surface area (Å²) in [7, 11) is 1.65. The van der Waals surface area contributed by atoms with Gasteiger partial charge in [-0.1, -0.05) is 6.07 Å². The van der Waals surface area contributed by atoms with Crippen molar-refractivity contribution in [2.45, 2.75) is 19.8 Å². The van der Waals surface area contributed by atoms with Crippen molar-refractivity contribution < 1.29 is 9.59 Å². The summed E-state index contributed by atoms with van der Waals surface area (Å²) in [5, 5.41) is 5.48. The Labute approximate surface area is 124 Å². The third-order valence-electron chi connectivity index (χ3n) is 3.85. The van der Waals surface area contributed by atoms with Gasteiger partial charge in [-0.3, -0.25) is 14.5 Å². The molecule has 2 amide bonds. The first-order valence-corrected chi connectivity index (χ1v) is 7.19. The average Bonchev–Trinajstić information content (AvgIpc) is 2.47. The lowest BCUT2D eigenvalue weighted by atomic mass is 9.81. The fourth-order valence-corrected chi connectivity index (χ4v) is 2.79. The average molecular weight is 290 g/mol. The first-order valence-electron chi connectivity index (χ1n) is 7.19. The first kappa shape index (κ1) is 15.4. The van der Waals surface area contributed by atoms with E-state index >= 15 is 0 Å². The summed E-state index contributed by atoms with van der Waals surface area (Å²) in [5.41, 5.74) is -0.418. The molecule has 1 aromatic heterocycles. The maximum atomic E-state index is 12.0. The van der Waals surface area contributed by atoms with Crippen molar-refractivity contribution in [3.8, 4) is 0 Å². The van der Waals surface area contributed by atoms with Crippen molar-refractivity contribution in [1.82, 2.24) is 15.2 Å². The van der Waals surface area contributed by atoms with E-state index in [-0.39, 0.29) is 18.4 Å². The summed E-state index contributed by atoms with van der Waals surface area (Å²) < 4.78 is 0. The highest BCUT2D eigenvalue weighted by Gasteiger charge is 2.37. The van der Waals surface area contributed by atoms with Gasteiger partial charge in [0.1, 0.15) is 5.82 Å². The molecule has 1 aliphatic heterocycles. The van der Waals surface area contributed by atoms with Gasteiger partial charge in [0.05, 0.1) is 12.0 Å². The number of likely N-dealkylation sites (tertiary alicyclic amines) is 1. The maximum Gasteiger partial charge on any atom is 0.239 e. The lowest BCUT2D eigenvalue weighted by Crippen LogP contribution is -2.51. The van der Waals surface area contributed by atoms with Gasteiger partial charge in [0.2, 0.25) is 11.8 Å². The lowest BCUT2D eigenvalue weighted by Gasteiger charge is -2.38. The van der Waals surface area contributed by atoms with Gasteiger partial charge in [-0.25, -0.2) is 4.98 Å². The third-order valence-corrected chi connectivity index (χ3v) is 3.85. The number of carbonyl (C=O) groups is 2. The van der Waals surface area contributed by atoms with Gasteiger partial charge in [0.15, 0.2) is 0 Å². The van der Waals surface area contributed by atoms with E-state index in [1.807, 2.05) is 17.9 Å². The second-order valence-corrected chi connectivity index (χ2v) is 5.72. The minimum Gasteiger partial charge on any atom is -0.359 e. The fraction of sp³-hybridized carbons (Fsp3) is 0.533. The van der Waals surface area contributed by atoms with Crippen LogP contribution >= 0.6 is 0 Å². The highest BCUT2D eigenvalue weighted by molar-refractivity contribution is 5.91. The van der Waals surface area contributed by atoms with Crippen LogP contribution in [0, 0.1) is 5.41 Å². The number of hydrogen-bond acceptors (Lipinski definition) is 4. The van der Waals surface area contributed by atoms with E-state index in [0.717, 1.165) is 19.4 Å². The molecule has 6 nitrogen and oxygen atoms in total. The number of piperidine rings is 1. The Kier molecular flexibility index (Phi) is 4.90. The van der Waals surface area contributed by atoms with Crippen molar-refractivity contribution in [3.63, 3.8) is 0 Å². The third kappa shape index (κ3) is 4.01. The summed E-state index contributed by atoms with van der Waals surface area (Å²) >= 11 is 0. The van der Waals surface area contributed by atoms with Crippen LogP contribution in [-0.2, 0) is 9.59 Å². The summed E-state index contributed by atoms with van der Waals surface area (Å²) in [6.07, 6.45) is 3.41. The molecular weight excluding hydrogens is 268 g/mol. The molecule has 1 fully saturated rings. The van der Waals surface area contributed by atoms with Gasteiger partial charge >= 0.3 is 0 Å². The Bertz CT molecular complexity index is 506. The molecule has 0 aromatic carbocycles. The van der Waals surface area contributed by atoms with Crippen LogP contribution in [0.4, 0.5) is 5.82 Å². The maximum absolute atomic E-state index is 12.0. The molecule has 6 heteroatoms. The van der Waals surface area contributed by atoms with Crippen molar-refractivity contribution in [1.29, 1.82) is 0 Å². The molecule has 2 N–H and O–H groups in total. The number of pyridine rings is 1. The normalized spacial score (nSPS) is 22.6. The summed E-state index contributed by atoms with van der Waals surface area (Å²) in [5.74, 6) is 0.487. The van der Waals surface area contributed by atoms with E-state index in [4.69, 9.17) is 0 Å². The summed E-state index contributed by atoms with van der Waals surface area (Å²) in [4.78, 5) is 30.1. The zero-order valence-electron chi connectivity index (χ0n) is 12.6. The number of carbonyl (C=O) groups excluding carboxylic acids is 2. The quantitative estimate of drug-likeness (QED) is 0.863. The van der Waals surface area contributed by atoms with Crippen LogP contribution in [0.15, 0.2) is 24.4 Å². The van der Waals surface area contributed by atoms with Gasteiger partial charge in [-0.2, -0.15) is 0 Å². The van der Waals surface area contributed by atoms with Crippen LogP contribution in [0.5, 0.6) is 0 Å². The number of amides is 2. The van der Waals surface area contributed by atoms with Gasteiger partial charge < -0.3 is 10.6 Å². The van der Waals surface area contributed by atoms with Crippen LogP contribution in [-0.4, -0.2) is 48.4 Å². The Hall–Kier alpha value is -1.95. The number of anilines is 1. The zero-order chi connectivity index (χ0) is 15.3. The standard InChI is InChI=1S/C15H22N4O2/c1-15(14(21)16-2)7-5-9-19(11-15)10-13(20)18-12-6-3-4-8-17-12/h3-4,6,8H,5,7,9-11H2,1-2H3,(H,16,21)(H,17,18,20).